The molecule has 30 heavy (non-hydrogen) atoms. The van der Waals surface area contributed by atoms with E-state index in [-0.39, 0.29) is 5.56 Å². The van der Waals surface area contributed by atoms with Gasteiger partial charge in [-0.1, -0.05) is 41.9 Å². The van der Waals surface area contributed by atoms with E-state index in [1.807, 2.05) is 6.07 Å². The highest BCUT2D eigenvalue weighted by atomic mass is 35.5. The average molecular weight is 424 g/mol. The minimum atomic E-state index is -4.53. The Morgan fingerprint density at radius 3 is 2.17 bits per heavy atom. The maximum Gasteiger partial charge on any atom is 0.417 e. The van der Waals surface area contributed by atoms with Crippen molar-refractivity contribution in [3.63, 3.8) is 0 Å². The molecule has 0 fully saturated rings. The zero-order valence-electron chi connectivity index (χ0n) is 15.4. The van der Waals surface area contributed by atoms with Gasteiger partial charge in [-0.15, -0.1) is 0 Å². The number of aromatic nitrogens is 2. The van der Waals surface area contributed by atoms with E-state index in [2.05, 4.69) is 5.10 Å². The van der Waals surface area contributed by atoms with Crippen LogP contribution in [0.1, 0.15) is 11.1 Å². The van der Waals surface area contributed by atoms with Crippen molar-refractivity contribution < 1.29 is 13.2 Å². The number of hydrogen-bond donors (Lipinski definition) is 0. The molecule has 1 heterocycles. The molecule has 0 saturated carbocycles. The number of halogens is 4. The van der Waals surface area contributed by atoms with Crippen molar-refractivity contribution in [2.24, 2.45) is 0 Å². The number of rotatable bonds is 3. The van der Waals surface area contributed by atoms with Crippen molar-refractivity contribution in [3.05, 3.63) is 95.1 Å². The molecule has 3 nitrogen and oxygen atoms in total. The van der Waals surface area contributed by atoms with Gasteiger partial charge >= 0.3 is 6.18 Å². The molecule has 148 valence electrons. The summed E-state index contributed by atoms with van der Waals surface area (Å²) in [6, 6.07) is 20.7. The van der Waals surface area contributed by atoms with Crippen LogP contribution < -0.4 is 0 Å². The third kappa shape index (κ3) is 3.68. The van der Waals surface area contributed by atoms with Gasteiger partial charge in [-0.2, -0.15) is 23.5 Å². The normalized spacial score (nSPS) is 11.3. The minimum absolute atomic E-state index is 0.0109. The standard InChI is InChI=1S/C23H13ClF3N3/c24-17-9-7-16(8-10-17)20-14-29-30(18-11-5-15(13-28)6-12-18)22(20)19-3-1-2-4-21(19)23(25,26)27/h1-12,14H. The predicted octanol–water partition coefficient (Wildman–Crippen LogP) is 6.75. The zero-order valence-corrected chi connectivity index (χ0v) is 16.1. The Balaban J connectivity index is 2.00. The first-order chi connectivity index (χ1) is 14.4. The molecule has 3 aromatic carbocycles. The van der Waals surface area contributed by atoms with Crippen LogP contribution >= 0.6 is 11.6 Å². The minimum Gasteiger partial charge on any atom is -0.232 e. The molecule has 0 saturated heterocycles. The summed E-state index contributed by atoms with van der Waals surface area (Å²) >= 11 is 5.97. The smallest absolute Gasteiger partial charge is 0.232 e. The van der Waals surface area contributed by atoms with Crippen molar-refractivity contribution in [1.29, 1.82) is 5.26 Å². The third-order valence-electron chi connectivity index (χ3n) is 4.65. The number of nitriles is 1. The van der Waals surface area contributed by atoms with E-state index < -0.39 is 11.7 Å². The van der Waals surface area contributed by atoms with Crippen molar-refractivity contribution in [2.75, 3.05) is 0 Å². The lowest BCUT2D eigenvalue weighted by Gasteiger charge is -2.16. The van der Waals surface area contributed by atoms with Crippen LogP contribution in [-0.2, 0) is 6.18 Å². The van der Waals surface area contributed by atoms with E-state index in [1.165, 1.54) is 23.0 Å². The highest BCUT2D eigenvalue weighted by Gasteiger charge is 2.35. The van der Waals surface area contributed by atoms with Gasteiger partial charge < -0.3 is 0 Å². The first kappa shape index (κ1) is 19.7. The van der Waals surface area contributed by atoms with Crippen molar-refractivity contribution in [3.8, 4) is 34.1 Å². The van der Waals surface area contributed by atoms with Crippen LogP contribution in [0.2, 0.25) is 5.02 Å². The van der Waals surface area contributed by atoms with E-state index in [1.54, 1.807) is 54.6 Å². The molecule has 0 aliphatic rings. The average Bonchev–Trinajstić information content (AvgIpc) is 3.18. The number of benzene rings is 3. The third-order valence-corrected chi connectivity index (χ3v) is 4.90. The fraction of sp³-hybridized carbons (Fsp3) is 0.0435. The first-order valence-electron chi connectivity index (χ1n) is 8.89. The maximum atomic E-state index is 13.8. The molecule has 7 heteroatoms. The fourth-order valence-electron chi connectivity index (χ4n) is 3.26. The molecule has 0 radical (unpaired) electrons. The van der Waals surface area contributed by atoms with E-state index in [0.29, 0.717) is 33.1 Å². The van der Waals surface area contributed by atoms with Crippen LogP contribution in [0.25, 0.3) is 28.1 Å². The Labute approximate surface area is 175 Å². The Morgan fingerprint density at radius 2 is 1.53 bits per heavy atom. The van der Waals surface area contributed by atoms with Gasteiger partial charge in [0, 0.05) is 16.1 Å². The molecule has 0 unspecified atom stereocenters. The number of alkyl halides is 3. The lowest BCUT2D eigenvalue weighted by molar-refractivity contribution is -0.137. The van der Waals surface area contributed by atoms with Crippen LogP contribution in [0.15, 0.2) is 79.0 Å². The van der Waals surface area contributed by atoms with Gasteiger partial charge in [0.2, 0.25) is 0 Å². The summed E-state index contributed by atoms with van der Waals surface area (Å²) < 4.78 is 42.8. The molecule has 4 aromatic rings. The Morgan fingerprint density at radius 1 is 0.867 bits per heavy atom. The molecule has 1 aromatic heterocycles. The highest BCUT2D eigenvalue weighted by molar-refractivity contribution is 6.30. The van der Waals surface area contributed by atoms with E-state index in [0.717, 1.165) is 6.07 Å². The summed E-state index contributed by atoms with van der Waals surface area (Å²) in [6.07, 6.45) is -3.00. The van der Waals surface area contributed by atoms with Gasteiger partial charge in [-0.25, -0.2) is 4.68 Å². The van der Waals surface area contributed by atoms with Crippen molar-refractivity contribution in [1.82, 2.24) is 9.78 Å². The molecule has 0 spiro atoms. The van der Waals surface area contributed by atoms with Gasteiger partial charge in [0.15, 0.2) is 0 Å². The molecule has 0 amide bonds. The molecule has 4 rings (SSSR count). The number of nitrogens with zero attached hydrogens (tertiary/aromatic N) is 3. The lowest BCUT2D eigenvalue weighted by atomic mass is 9.97. The topological polar surface area (TPSA) is 41.6 Å². The van der Waals surface area contributed by atoms with Crippen molar-refractivity contribution >= 4 is 11.6 Å². The van der Waals surface area contributed by atoms with Crippen LogP contribution in [0.3, 0.4) is 0 Å². The maximum absolute atomic E-state index is 13.8. The molecule has 0 aliphatic carbocycles. The molecule has 0 atom stereocenters. The van der Waals surface area contributed by atoms with E-state index in [9.17, 15) is 13.2 Å². The quantitative estimate of drug-likeness (QED) is 0.365. The summed E-state index contributed by atoms with van der Waals surface area (Å²) in [4.78, 5) is 0. The van der Waals surface area contributed by atoms with Crippen LogP contribution in [0, 0.1) is 11.3 Å². The fourth-order valence-corrected chi connectivity index (χ4v) is 3.38. The molecule has 0 aliphatic heterocycles. The zero-order chi connectivity index (χ0) is 21.3. The summed E-state index contributed by atoms with van der Waals surface area (Å²) in [5.74, 6) is 0. The van der Waals surface area contributed by atoms with Crippen LogP contribution in [-0.4, -0.2) is 9.78 Å². The van der Waals surface area contributed by atoms with Gasteiger partial charge in [0.25, 0.3) is 0 Å². The largest absolute Gasteiger partial charge is 0.417 e. The van der Waals surface area contributed by atoms with Gasteiger partial charge in [-0.05, 0) is 48.0 Å². The van der Waals surface area contributed by atoms with Gasteiger partial charge in [0.1, 0.15) is 0 Å². The second-order valence-corrected chi connectivity index (χ2v) is 6.96. The molecular weight excluding hydrogens is 411 g/mol. The Hall–Kier alpha value is -3.56. The van der Waals surface area contributed by atoms with Crippen LogP contribution in [0.4, 0.5) is 13.2 Å². The molecule has 0 bridgehead atoms. The summed E-state index contributed by atoms with van der Waals surface area (Å²) in [5.41, 5.74) is 1.77. The summed E-state index contributed by atoms with van der Waals surface area (Å²) in [5, 5.41) is 13.9. The second-order valence-electron chi connectivity index (χ2n) is 6.53. The van der Waals surface area contributed by atoms with Crippen LogP contribution in [0.5, 0.6) is 0 Å². The summed E-state index contributed by atoms with van der Waals surface area (Å²) in [6.45, 7) is 0. The van der Waals surface area contributed by atoms with Gasteiger partial charge in [0.05, 0.1) is 34.8 Å². The van der Waals surface area contributed by atoms with Gasteiger partial charge in [-0.3, -0.25) is 0 Å². The summed E-state index contributed by atoms with van der Waals surface area (Å²) in [7, 11) is 0. The van der Waals surface area contributed by atoms with Crippen molar-refractivity contribution in [2.45, 2.75) is 6.18 Å². The van der Waals surface area contributed by atoms with E-state index >= 15 is 0 Å². The van der Waals surface area contributed by atoms with E-state index in [4.69, 9.17) is 16.9 Å². The lowest BCUT2D eigenvalue weighted by Crippen LogP contribution is -2.09. The Bertz CT molecular complexity index is 1230. The highest BCUT2D eigenvalue weighted by Crippen LogP contribution is 2.41. The Kier molecular flexibility index (Phi) is 5.06. The monoisotopic (exact) mass is 423 g/mol. The molecule has 0 N–H and O–H groups in total. The first-order valence-corrected chi connectivity index (χ1v) is 9.27. The second kappa shape index (κ2) is 7.69. The predicted molar refractivity (Wildman–Crippen MR) is 109 cm³/mol. The SMILES string of the molecule is N#Cc1ccc(-n2ncc(-c3ccc(Cl)cc3)c2-c2ccccc2C(F)(F)F)cc1. The number of hydrogen-bond acceptors (Lipinski definition) is 2. The molecular formula is C23H13ClF3N3.